The van der Waals surface area contributed by atoms with Crippen molar-refractivity contribution in [3.8, 4) is 0 Å². The topological polar surface area (TPSA) is 74.4 Å². The van der Waals surface area contributed by atoms with Gasteiger partial charge in [-0.2, -0.15) is 4.73 Å². The van der Waals surface area contributed by atoms with Gasteiger partial charge in [-0.1, -0.05) is 12.7 Å². The average Bonchev–Trinajstić information content (AvgIpc) is 2.15. The van der Waals surface area contributed by atoms with Crippen molar-refractivity contribution in [2.45, 2.75) is 0 Å². The Kier molecular flexibility index (Phi) is 3.01. The van der Waals surface area contributed by atoms with Crippen molar-refractivity contribution < 1.29 is 9.76 Å². The van der Waals surface area contributed by atoms with E-state index in [-0.39, 0.29) is 12.3 Å². The van der Waals surface area contributed by atoms with Gasteiger partial charge in [-0.25, -0.2) is 0 Å². The molecular weight excluding hydrogens is 188 g/mol. The molecule has 0 N–H and O–H groups in total. The van der Waals surface area contributed by atoms with E-state index < -0.39 is 10.5 Å². The largest absolute Gasteiger partial charge is 0.407 e. The van der Waals surface area contributed by atoms with E-state index in [4.69, 9.17) is 4.84 Å². The third-order valence-electron chi connectivity index (χ3n) is 1.41. The monoisotopic (exact) mass is 196 g/mol. The minimum absolute atomic E-state index is 0.164. The summed E-state index contributed by atoms with van der Waals surface area (Å²) in [6.45, 7) is 3.57. The predicted molar refractivity (Wildman–Crippen MR) is 49.0 cm³/mol. The zero-order valence-electron chi connectivity index (χ0n) is 7.25. The van der Waals surface area contributed by atoms with Crippen molar-refractivity contribution in [1.29, 1.82) is 0 Å². The molecule has 1 rings (SSSR count). The molecule has 0 saturated carbocycles. The molecule has 14 heavy (non-hydrogen) atoms. The van der Waals surface area contributed by atoms with Gasteiger partial charge < -0.3 is 4.84 Å². The molecule has 1 aromatic rings. The van der Waals surface area contributed by atoms with Crippen LogP contribution in [0.3, 0.4) is 0 Å². The molecule has 0 saturated heterocycles. The predicted octanol–water partition coefficient (Wildman–Crippen LogP) is 0.371. The Morgan fingerprint density at radius 2 is 2.43 bits per heavy atom. The Hall–Kier alpha value is -2.11. The molecule has 0 unspecified atom stereocenters. The summed E-state index contributed by atoms with van der Waals surface area (Å²) in [4.78, 5) is 25.7. The first-order chi connectivity index (χ1) is 6.65. The maximum Gasteiger partial charge on any atom is 0.289 e. The van der Waals surface area contributed by atoms with E-state index in [1.165, 1.54) is 18.3 Å². The van der Waals surface area contributed by atoms with Crippen LogP contribution in [0.5, 0.6) is 0 Å². The molecule has 0 atom stereocenters. The Labute approximate surface area is 79.1 Å². The van der Waals surface area contributed by atoms with Crippen LogP contribution >= 0.6 is 0 Å². The maximum atomic E-state index is 11.1. The highest BCUT2D eigenvalue weighted by molar-refractivity contribution is 5.25. The summed E-state index contributed by atoms with van der Waals surface area (Å²) in [6.07, 6.45) is 2.66. The first kappa shape index (κ1) is 9.97. The van der Waals surface area contributed by atoms with Gasteiger partial charge in [-0.15, -0.1) is 0 Å². The van der Waals surface area contributed by atoms with Gasteiger partial charge in [-0.05, 0) is 0 Å². The molecule has 6 nitrogen and oxygen atoms in total. The van der Waals surface area contributed by atoms with E-state index in [1.807, 2.05) is 0 Å². The SMILES string of the molecule is C=CCOn1ccc([N+](=O)[O-])cc1=O. The third kappa shape index (κ3) is 2.19. The smallest absolute Gasteiger partial charge is 0.289 e. The Bertz CT molecular complexity index is 410. The quantitative estimate of drug-likeness (QED) is 0.396. The van der Waals surface area contributed by atoms with E-state index in [2.05, 4.69) is 6.58 Å². The van der Waals surface area contributed by atoms with Gasteiger partial charge in [-0.3, -0.25) is 14.9 Å². The van der Waals surface area contributed by atoms with Crippen LogP contribution in [-0.2, 0) is 0 Å². The second kappa shape index (κ2) is 4.22. The Morgan fingerprint density at radius 3 is 2.93 bits per heavy atom. The lowest BCUT2D eigenvalue weighted by Gasteiger charge is -2.03. The summed E-state index contributed by atoms with van der Waals surface area (Å²) in [5.74, 6) is 0. The number of hydrogen-bond donors (Lipinski definition) is 0. The van der Waals surface area contributed by atoms with Gasteiger partial charge >= 0.3 is 0 Å². The van der Waals surface area contributed by atoms with Crippen LogP contribution in [0.25, 0.3) is 0 Å². The molecule has 0 fully saturated rings. The molecule has 0 radical (unpaired) electrons. The second-order valence-electron chi connectivity index (χ2n) is 2.39. The summed E-state index contributed by atoms with van der Waals surface area (Å²) in [5.41, 5.74) is -0.838. The van der Waals surface area contributed by atoms with Gasteiger partial charge in [0, 0.05) is 6.07 Å². The van der Waals surface area contributed by atoms with Gasteiger partial charge in [0.05, 0.1) is 17.2 Å². The first-order valence-corrected chi connectivity index (χ1v) is 3.76. The van der Waals surface area contributed by atoms with Crippen LogP contribution in [0.1, 0.15) is 0 Å². The lowest BCUT2D eigenvalue weighted by molar-refractivity contribution is -0.385. The highest BCUT2D eigenvalue weighted by atomic mass is 16.7. The van der Waals surface area contributed by atoms with E-state index in [1.54, 1.807) is 0 Å². The fraction of sp³-hybridized carbons (Fsp3) is 0.125. The van der Waals surface area contributed by atoms with Crippen molar-refractivity contribution in [3.05, 3.63) is 51.5 Å². The van der Waals surface area contributed by atoms with E-state index in [0.717, 1.165) is 10.8 Å². The zero-order chi connectivity index (χ0) is 10.6. The summed E-state index contributed by atoms with van der Waals surface area (Å²) in [6, 6.07) is 2.08. The minimum atomic E-state index is -0.640. The van der Waals surface area contributed by atoms with Gasteiger partial charge in [0.15, 0.2) is 0 Å². The van der Waals surface area contributed by atoms with E-state index >= 15 is 0 Å². The summed E-state index contributed by atoms with van der Waals surface area (Å²) in [5, 5.41) is 10.3. The van der Waals surface area contributed by atoms with E-state index in [0.29, 0.717) is 0 Å². The van der Waals surface area contributed by atoms with Crippen LogP contribution in [0.15, 0.2) is 35.8 Å². The van der Waals surface area contributed by atoms with Crippen molar-refractivity contribution in [2.75, 3.05) is 6.61 Å². The van der Waals surface area contributed by atoms with Gasteiger partial charge in [0.25, 0.3) is 11.2 Å². The van der Waals surface area contributed by atoms with Gasteiger partial charge in [0.2, 0.25) is 0 Å². The molecule has 0 amide bonds. The van der Waals surface area contributed by atoms with Crippen molar-refractivity contribution >= 4 is 5.69 Å². The average molecular weight is 196 g/mol. The zero-order valence-corrected chi connectivity index (χ0v) is 7.25. The fourth-order valence-electron chi connectivity index (χ4n) is 0.809. The molecular formula is C8H8N2O4. The second-order valence-corrected chi connectivity index (χ2v) is 2.39. The molecule has 74 valence electrons. The molecule has 0 aromatic carbocycles. The Morgan fingerprint density at radius 1 is 1.71 bits per heavy atom. The lowest BCUT2D eigenvalue weighted by atomic mass is 10.4. The molecule has 0 aliphatic heterocycles. The first-order valence-electron chi connectivity index (χ1n) is 3.76. The normalized spacial score (nSPS) is 9.43. The van der Waals surface area contributed by atoms with Gasteiger partial charge in [0.1, 0.15) is 6.61 Å². The number of hydrogen-bond acceptors (Lipinski definition) is 4. The highest BCUT2D eigenvalue weighted by Crippen LogP contribution is 2.04. The van der Waals surface area contributed by atoms with Crippen molar-refractivity contribution in [3.63, 3.8) is 0 Å². The molecule has 1 aromatic heterocycles. The lowest BCUT2D eigenvalue weighted by Crippen LogP contribution is -2.25. The minimum Gasteiger partial charge on any atom is -0.407 e. The molecule has 0 spiro atoms. The standard InChI is InChI=1S/C8H8N2O4/c1-2-5-14-9-4-3-7(10(12)13)6-8(9)11/h2-4,6H,1,5H2. The fourth-order valence-corrected chi connectivity index (χ4v) is 0.809. The van der Waals surface area contributed by atoms with Crippen LogP contribution in [0, 0.1) is 10.1 Å². The van der Waals surface area contributed by atoms with Crippen LogP contribution in [0.2, 0.25) is 0 Å². The Balaban J connectivity index is 2.95. The van der Waals surface area contributed by atoms with E-state index in [9.17, 15) is 14.9 Å². The number of aromatic nitrogens is 1. The summed E-state index contributed by atoms with van der Waals surface area (Å²) in [7, 11) is 0. The highest BCUT2D eigenvalue weighted by Gasteiger charge is 2.07. The number of nitrogens with zero attached hydrogens (tertiary/aromatic N) is 2. The van der Waals surface area contributed by atoms with Crippen molar-refractivity contribution in [1.82, 2.24) is 4.73 Å². The molecule has 6 heteroatoms. The number of nitro groups is 1. The summed E-state index contributed by atoms with van der Waals surface area (Å²) >= 11 is 0. The van der Waals surface area contributed by atoms with Crippen LogP contribution in [0.4, 0.5) is 5.69 Å². The van der Waals surface area contributed by atoms with Crippen LogP contribution < -0.4 is 10.4 Å². The van der Waals surface area contributed by atoms with Crippen LogP contribution in [-0.4, -0.2) is 16.3 Å². The third-order valence-corrected chi connectivity index (χ3v) is 1.41. The molecule has 1 heterocycles. The molecule has 0 aliphatic rings. The molecule has 0 bridgehead atoms. The number of rotatable bonds is 4. The summed E-state index contributed by atoms with van der Waals surface area (Å²) < 4.78 is 0.911. The molecule has 0 aliphatic carbocycles. The maximum absolute atomic E-state index is 11.1. The van der Waals surface area contributed by atoms with Crippen molar-refractivity contribution in [2.24, 2.45) is 0 Å². The number of pyridine rings is 1.